The van der Waals surface area contributed by atoms with Gasteiger partial charge in [-0.25, -0.2) is 13.1 Å². The Morgan fingerprint density at radius 1 is 1.29 bits per heavy atom. The van der Waals surface area contributed by atoms with Crippen molar-refractivity contribution in [3.63, 3.8) is 0 Å². The number of nitriles is 1. The Balaban J connectivity index is 1.73. The summed E-state index contributed by atoms with van der Waals surface area (Å²) in [5, 5.41) is 8.78. The van der Waals surface area contributed by atoms with E-state index in [1.165, 1.54) is 18.7 Å². The highest BCUT2D eigenvalue weighted by atomic mass is 32.2. The number of nitrogens with zero attached hydrogens (tertiary/aromatic N) is 2. The van der Waals surface area contributed by atoms with Gasteiger partial charge in [-0.3, -0.25) is 9.78 Å². The summed E-state index contributed by atoms with van der Waals surface area (Å²) in [7, 11) is -3.96. The molecule has 0 spiro atoms. The first-order chi connectivity index (χ1) is 9.99. The van der Waals surface area contributed by atoms with Crippen molar-refractivity contribution in [2.24, 2.45) is 17.8 Å². The van der Waals surface area contributed by atoms with Crippen LogP contribution in [-0.2, 0) is 14.8 Å². The van der Waals surface area contributed by atoms with Crippen LogP contribution in [0.4, 0.5) is 0 Å². The van der Waals surface area contributed by atoms with Crippen LogP contribution in [0.2, 0.25) is 0 Å². The summed E-state index contributed by atoms with van der Waals surface area (Å²) in [5.41, 5.74) is 0.142. The lowest BCUT2D eigenvalue weighted by atomic mass is 9.89. The maximum absolute atomic E-state index is 12.2. The van der Waals surface area contributed by atoms with Crippen molar-refractivity contribution in [2.45, 2.75) is 30.6 Å². The standard InChI is InChI=1S/C14H15N3O3S/c15-6-9-3-13(8-16-7-9)21(19,20)17-14(18)11-2-1-10-4-12(10)5-11/h3,7-8,10-12H,1-2,4-5H2,(H,17,18). The minimum atomic E-state index is -3.96. The van der Waals surface area contributed by atoms with Gasteiger partial charge >= 0.3 is 0 Å². The number of hydrogen-bond donors (Lipinski definition) is 1. The molecule has 1 N–H and O–H groups in total. The lowest BCUT2D eigenvalue weighted by Gasteiger charge is -2.20. The average molecular weight is 305 g/mol. The monoisotopic (exact) mass is 305 g/mol. The highest BCUT2D eigenvalue weighted by Gasteiger charge is 2.44. The van der Waals surface area contributed by atoms with Gasteiger partial charge in [-0.2, -0.15) is 5.26 Å². The number of rotatable bonds is 3. The fourth-order valence-corrected chi connectivity index (χ4v) is 4.02. The van der Waals surface area contributed by atoms with Crippen LogP contribution in [0.25, 0.3) is 0 Å². The highest BCUT2D eigenvalue weighted by molar-refractivity contribution is 7.90. The van der Waals surface area contributed by atoms with Crippen molar-refractivity contribution < 1.29 is 13.2 Å². The third-order valence-corrected chi connectivity index (χ3v) is 5.61. The first kappa shape index (κ1) is 14.0. The fourth-order valence-electron chi connectivity index (χ4n) is 2.99. The number of pyridine rings is 1. The summed E-state index contributed by atoms with van der Waals surface area (Å²) in [5.74, 6) is 0.682. The van der Waals surface area contributed by atoms with Gasteiger partial charge in [-0.05, 0) is 43.6 Å². The summed E-state index contributed by atoms with van der Waals surface area (Å²) in [6, 6.07) is 3.04. The van der Waals surface area contributed by atoms with E-state index in [4.69, 9.17) is 5.26 Å². The topological polar surface area (TPSA) is 99.9 Å². The van der Waals surface area contributed by atoms with Crippen LogP contribution in [0.1, 0.15) is 31.2 Å². The zero-order valence-electron chi connectivity index (χ0n) is 11.3. The molecule has 0 radical (unpaired) electrons. The first-order valence-corrected chi connectivity index (χ1v) is 8.40. The molecule has 2 fully saturated rings. The van der Waals surface area contributed by atoms with Crippen molar-refractivity contribution in [2.75, 3.05) is 0 Å². The second-order valence-electron chi connectivity index (χ2n) is 5.76. The molecule has 6 nitrogen and oxygen atoms in total. The third kappa shape index (κ3) is 2.90. The predicted octanol–water partition coefficient (Wildman–Crippen LogP) is 1.19. The van der Waals surface area contributed by atoms with Gasteiger partial charge in [-0.1, -0.05) is 0 Å². The molecule has 3 atom stereocenters. The van der Waals surface area contributed by atoms with Crippen molar-refractivity contribution in [3.05, 3.63) is 24.0 Å². The Morgan fingerprint density at radius 3 is 2.81 bits per heavy atom. The lowest BCUT2D eigenvalue weighted by Crippen LogP contribution is -2.36. The van der Waals surface area contributed by atoms with Crippen molar-refractivity contribution in [3.8, 4) is 6.07 Å². The van der Waals surface area contributed by atoms with Gasteiger partial charge in [0.2, 0.25) is 5.91 Å². The van der Waals surface area contributed by atoms with E-state index >= 15 is 0 Å². The molecule has 0 aliphatic heterocycles. The summed E-state index contributed by atoms with van der Waals surface area (Å²) in [4.78, 5) is 15.7. The third-order valence-electron chi connectivity index (χ3n) is 4.30. The number of fused-ring (bicyclic) bond motifs is 1. The van der Waals surface area contributed by atoms with E-state index in [0.29, 0.717) is 5.92 Å². The predicted molar refractivity (Wildman–Crippen MR) is 73.2 cm³/mol. The molecule has 110 valence electrons. The number of amides is 1. The van der Waals surface area contributed by atoms with Gasteiger partial charge in [0.25, 0.3) is 10.0 Å². The van der Waals surface area contributed by atoms with Crippen LogP contribution >= 0.6 is 0 Å². The smallest absolute Gasteiger partial charge is 0.265 e. The van der Waals surface area contributed by atoms with Gasteiger partial charge in [0.1, 0.15) is 11.0 Å². The molecular weight excluding hydrogens is 290 g/mol. The number of sulfonamides is 1. The molecule has 2 aliphatic carbocycles. The Morgan fingerprint density at radius 2 is 2.10 bits per heavy atom. The van der Waals surface area contributed by atoms with Crippen molar-refractivity contribution >= 4 is 15.9 Å². The van der Waals surface area contributed by atoms with Crippen LogP contribution < -0.4 is 4.72 Å². The van der Waals surface area contributed by atoms with Crippen molar-refractivity contribution in [1.29, 1.82) is 5.26 Å². The van der Waals surface area contributed by atoms with E-state index in [0.717, 1.165) is 31.4 Å². The molecule has 1 heterocycles. The molecule has 3 unspecified atom stereocenters. The summed E-state index contributed by atoms with van der Waals surface area (Å²) < 4.78 is 26.4. The second kappa shape index (κ2) is 5.11. The Labute approximate surface area is 123 Å². The van der Waals surface area contributed by atoms with Gasteiger partial charge in [-0.15, -0.1) is 0 Å². The maximum Gasteiger partial charge on any atom is 0.265 e. The fraction of sp³-hybridized carbons (Fsp3) is 0.500. The molecule has 1 aromatic heterocycles. The molecule has 1 aromatic rings. The molecule has 21 heavy (non-hydrogen) atoms. The van der Waals surface area contributed by atoms with E-state index in [9.17, 15) is 13.2 Å². The molecule has 0 bridgehead atoms. The normalized spacial score (nSPS) is 27.3. The molecule has 7 heteroatoms. The van der Waals surface area contributed by atoms with Gasteiger partial charge < -0.3 is 0 Å². The van der Waals surface area contributed by atoms with E-state index < -0.39 is 15.9 Å². The minimum Gasteiger partial charge on any atom is -0.274 e. The van der Waals surface area contributed by atoms with Crippen LogP contribution in [0.15, 0.2) is 23.4 Å². The molecule has 2 aliphatic rings. The number of carbonyl (C=O) groups is 1. The van der Waals surface area contributed by atoms with Crippen LogP contribution in [0, 0.1) is 29.1 Å². The molecule has 0 saturated heterocycles. The maximum atomic E-state index is 12.2. The number of hydrogen-bond acceptors (Lipinski definition) is 5. The Bertz CT molecular complexity index is 723. The zero-order chi connectivity index (χ0) is 15.0. The summed E-state index contributed by atoms with van der Waals surface area (Å²) in [6.07, 6.45) is 6.11. The molecule has 3 rings (SSSR count). The van der Waals surface area contributed by atoms with Gasteiger partial charge in [0, 0.05) is 18.3 Å². The molecule has 0 aromatic carbocycles. The molecule has 2 saturated carbocycles. The summed E-state index contributed by atoms with van der Waals surface area (Å²) >= 11 is 0. The number of carbonyl (C=O) groups excluding carboxylic acids is 1. The number of aromatic nitrogens is 1. The second-order valence-corrected chi connectivity index (χ2v) is 7.44. The van der Waals surface area contributed by atoms with Gasteiger partial charge in [0.15, 0.2) is 0 Å². The Hall–Kier alpha value is -1.94. The minimum absolute atomic E-state index is 0.142. The van der Waals surface area contributed by atoms with Crippen LogP contribution in [-0.4, -0.2) is 19.3 Å². The van der Waals surface area contributed by atoms with Gasteiger partial charge in [0.05, 0.1) is 5.56 Å². The van der Waals surface area contributed by atoms with Crippen molar-refractivity contribution in [1.82, 2.24) is 9.71 Å². The van der Waals surface area contributed by atoms with Crippen LogP contribution in [0.3, 0.4) is 0 Å². The largest absolute Gasteiger partial charge is 0.274 e. The van der Waals surface area contributed by atoms with E-state index in [1.807, 2.05) is 6.07 Å². The molecule has 1 amide bonds. The highest BCUT2D eigenvalue weighted by Crippen LogP contribution is 2.51. The zero-order valence-corrected chi connectivity index (χ0v) is 12.1. The SMILES string of the molecule is N#Cc1cncc(S(=O)(=O)NC(=O)C2CCC3CC3C2)c1. The molecular formula is C14H15N3O3S. The van der Waals surface area contributed by atoms with E-state index in [-0.39, 0.29) is 16.4 Å². The quantitative estimate of drug-likeness (QED) is 0.904. The Kier molecular flexibility index (Phi) is 3.41. The summed E-state index contributed by atoms with van der Waals surface area (Å²) in [6.45, 7) is 0. The van der Waals surface area contributed by atoms with E-state index in [2.05, 4.69) is 9.71 Å². The van der Waals surface area contributed by atoms with E-state index in [1.54, 1.807) is 0 Å². The average Bonchev–Trinajstić information content (AvgIpc) is 3.25. The number of nitrogens with one attached hydrogen (secondary N) is 1. The van der Waals surface area contributed by atoms with Crippen LogP contribution in [0.5, 0.6) is 0 Å². The lowest BCUT2D eigenvalue weighted by molar-refractivity contribution is -0.124. The first-order valence-electron chi connectivity index (χ1n) is 6.91.